The molecule has 0 fully saturated rings. The molecule has 0 radical (unpaired) electrons. The monoisotopic (exact) mass is 366 g/mol. The third-order valence-corrected chi connectivity index (χ3v) is 5.67. The number of hydrogen-bond donors (Lipinski definition) is 1. The molecule has 0 atom stereocenters. The van der Waals surface area contributed by atoms with Gasteiger partial charge in [-0.1, -0.05) is 24.3 Å². The molecule has 0 unspecified atom stereocenters. The molecule has 6 heteroatoms. The summed E-state index contributed by atoms with van der Waals surface area (Å²) in [6.45, 7) is 1.14. The lowest BCUT2D eigenvalue weighted by Gasteiger charge is -2.28. The van der Waals surface area contributed by atoms with Gasteiger partial charge in [-0.15, -0.1) is 11.3 Å². The summed E-state index contributed by atoms with van der Waals surface area (Å²) in [7, 11) is 1.39. The Morgan fingerprint density at radius 3 is 2.77 bits per heavy atom. The Hall–Kier alpha value is -2.86. The van der Waals surface area contributed by atoms with Gasteiger partial charge in [0.25, 0.3) is 5.91 Å². The highest BCUT2D eigenvalue weighted by atomic mass is 32.1. The van der Waals surface area contributed by atoms with Gasteiger partial charge in [-0.25, -0.2) is 4.79 Å². The Morgan fingerprint density at radius 1 is 1.12 bits per heavy atom. The number of thiophene rings is 1. The van der Waals surface area contributed by atoms with Crippen molar-refractivity contribution in [2.24, 2.45) is 0 Å². The van der Waals surface area contributed by atoms with Crippen LogP contribution in [-0.4, -0.2) is 30.6 Å². The van der Waals surface area contributed by atoms with E-state index in [4.69, 9.17) is 4.74 Å². The normalized spacial score (nSPS) is 13.3. The Morgan fingerprint density at radius 2 is 1.96 bits per heavy atom. The standard InChI is InChI=1S/C20H18N2O3S/c1-25-20(24)22-9-8-13-6-7-16(10-15(13)12-22)21-19(23)18-11-14-4-2-3-5-17(14)26-18/h2-7,10-11H,8-9,12H2,1H3,(H,21,23). The smallest absolute Gasteiger partial charge is 0.409 e. The summed E-state index contributed by atoms with van der Waals surface area (Å²) in [4.78, 5) is 26.7. The Balaban J connectivity index is 1.53. The number of anilines is 1. The fourth-order valence-corrected chi connectivity index (χ4v) is 4.16. The van der Waals surface area contributed by atoms with E-state index in [-0.39, 0.29) is 12.0 Å². The van der Waals surface area contributed by atoms with Crippen LogP contribution in [0.3, 0.4) is 0 Å². The molecule has 1 aromatic heterocycles. The molecule has 1 aliphatic heterocycles. The minimum Gasteiger partial charge on any atom is -0.453 e. The minimum atomic E-state index is -0.324. The number of carbonyl (C=O) groups is 2. The van der Waals surface area contributed by atoms with Crippen LogP contribution in [0.25, 0.3) is 10.1 Å². The molecule has 3 aromatic rings. The lowest BCUT2D eigenvalue weighted by Crippen LogP contribution is -2.35. The maximum Gasteiger partial charge on any atom is 0.409 e. The highest BCUT2D eigenvalue weighted by Gasteiger charge is 2.21. The zero-order valence-corrected chi connectivity index (χ0v) is 15.1. The predicted octanol–water partition coefficient (Wildman–Crippen LogP) is 4.28. The van der Waals surface area contributed by atoms with Gasteiger partial charge in [-0.3, -0.25) is 4.79 Å². The number of hydrogen-bond acceptors (Lipinski definition) is 4. The number of nitrogens with one attached hydrogen (secondary N) is 1. The van der Waals surface area contributed by atoms with Crippen LogP contribution in [0.5, 0.6) is 0 Å². The van der Waals surface area contributed by atoms with E-state index in [0.29, 0.717) is 18.0 Å². The second-order valence-electron chi connectivity index (χ2n) is 6.23. The van der Waals surface area contributed by atoms with Gasteiger partial charge >= 0.3 is 6.09 Å². The number of benzene rings is 2. The van der Waals surface area contributed by atoms with Crippen molar-refractivity contribution in [3.8, 4) is 0 Å². The molecule has 2 aromatic carbocycles. The van der Waals surface area contributed by atoms with E-state index in [1.54, 1.807) is 4.90 Å². The largest absolute Gasteiger partial charge is 0.453 e. The SMILES string of the molecule is COC(=O)N1CCc2ccc(NC(=O)c3cc4ccccc4s3)cc2C1. The number of amides is 2. The molecule has 132 valence electrons. The molecular weight excluding hydrogens is 348 g/mol. The minimum absolute atomic E-state index is 0.119. The molecule has 5 nitrogen and oxygen atoms in total. The Labute approximate surface area is 155 Å². The summed E-state index contributed by atoms with van der Waals surface area (Å²) in [6.07, 6.45) is 0.463. The van der Waals surface area contributed by atoms with E-state index >= 15 is 0 Å². The average molecular weight is 366 g/mol. The van der Waals surface area contributed by atoms with E-state index in [0.717, 1.165) is 27.8 Å². The summed E-state index contributed by atoms with van der Waals surface area (Å²) in [6, 6.07) is 15.7. The van der Waals surface area contributed by atoms with Gasteiger partial charge in [0.2, 0.25) is 0 Å². The summed E-state index contributed by atoms with van der Waals surface area (Å²) in [5, 5.41) is 4.04. The van der Waals surface area contributed by atoms with Crippen molar-refractivity contribution in [3.05, 3.63) is 64.5 Å². The molecule has 0 saturated heterocycles. The number of rotatable bonds is 2. The van der Waals surface area contributed by atoms with Gasteiger partial charge in [0.05, 0.1) is 12.0 Å². The van der Waals surface area contributed by atoms with Crippen molar-refractivity contribution < 1.29 is 14.3 Å². The highest BCUT2D eigenvalue weighted by Crippen LogP contribution is 2.27. The van der Waals surface area contributed by atoms with Crippen LogP contribution < -0.4 is 5.32 Å². The third-order valence-electron chi connectivity index (χ3n) is 4.56. The summed E-state index contributed by atoms with van der Waals surface area (Å²) in [5.74, 6) is -0.119. The van der Waals surface area contributed by atoms with Crippen molar-refractivity contribution in [2.75, 3.05) is 19.0 Å². The zero-order chi connectivity index (χ0) is 18.1. The summed E-state index contributed by atoms with van der Waals surface area (Å²) < 4.78 is 5.90. The molecule has 1 aliphatic rings. The average Bonchev–Trinajstić information content (AvgIpc) is 3.11. The molecule has 0 bridgehead atoms. The summed E-state index contributed by atoms with van der Waals surface area (Å²) >= 11 is 1.48. The van der Waals surface area contributed by atoms with Crippen molar-refractivity contribution in [1.82, 2.24) is 4.90 Å². The predicted molar refractivity (Wildman–Crippen MR) is 103 cm³/mol. The van der Waals surface area contributed by atoms with Gasteiger partial charge < -0.3 is 15.0 Å². The Bertz CT molecular complexity index is 963. The highest BCUT2D eigenvalue weighted by molar-refractivity contribution is 7.20. The molecule has 4 rings (SSSR count). The van der Waals surface area contributed by atoms with Gasteiger partial charge in [0, 0.05) is 23.5 Å². The molecule has 1 N–H and O–H groups in total. The molecule has 2 amide bonds. The van der Waals surface area contributed by atoms with Crippen molar-refractivity contribution in [1.29, 1.82) is 0 Å². The van der Waals surface area contributed by atoms with E-state index in [2.05, 4.69) is 5.32 Å². The van der Waals surface area contributed by atoms with Gasteiger partial charge in [0.1, 0.15) is 0 Å². The van der Waals surface area contributed by atoms with E-state index < -0.39 is 0 Å². The number of fused-ring (bicyclic) bond motifs is 2. The first kappa shape index (κ1) is 16.6. The van der Waals surface area contributed by atoms with Crippen LogP contribution in [0, 0.1) is 0 Å². The fourth-order valence-electron chi connectivity index (χ4n) is 3.21. The van der Waals surface area contributed by atoms with Crippen molar-refractivity contribution in [2.45, 2.75) is 13.0 Å². The molecule has 2 heterocycles. The number of ether oxygens (including phenoxy) is 1. The topological polar surface area (TPSA) is 58.6 Å². The maximum absolute atomic E-state index is 12.6. The van der Waals surface area contributed by atoms with E-state index in [1.165, 1.54) is 24.0 Å². The van der Waals surface area contributed by atoms with Crippen molar-refractivity contribution in [3.63, 3.8) is 0 Å². The van der Waals surface area contributed by atoms with Crippen LogP contribution in [0.15, 0.2) is 48.5 Å². The van der Waals surface area contributed by atoms with Crippen LogP contribution in [0.2, 0.25) is 0 Å². The first-order valence-corrected chi connectivity index (χ1v) is 9.20. The van der Waals surface area contributed by atoms with Crippen molar-refractivity contribution >= 4 is 39.1 Å². The molecule has 26 heavy (non-hydrogen) atoms. The van der Waals surface area contributed by atoms with Crippen LogP contribution >= 0.6 is 11.3 Å². The van der Waals surface area contributed by atoms with E-state index in [1.807, 2.05) is 48.5 Å². The third kappa shape index (κ3) is 3.15. The fraction of sp³-hybridized carbons (Fsp3) is 0.200. The quantitative estimate of drug-likeness (QED) is 0.736. The maximum atomic E-state index is 12.6. The van der Waals surface area contributed by atoms with Crippen LogP contribution in [-0.2, 0) is 17.7 Å². The number of nitrogens with zero attached hydrogens (tertiary/aromatic N) is 1. The molecule has 0 aliphatic carbocycles. The van der Waals surface area contributed by atoms with Gasteiger partial charge in [-0.05, 0) is 47.2 Å². The lowest BCUT2D eigenvalue weighted by atomic mass is 9.99. The van der Waals surface area contributed by atoms with Crippen LogP contribution in [0.1, 0.15) is 20.8 Å². The first-order valence-electron chi connectivity index (χ1n) is 8.38. The van der Waals surface area contributed by atoms with Gasteiger partial charge in [-0.2, -0.15) is 0 Å². The van der Waals surface area contributed by atoms with Crippen LogP contribution in [0.4, 0.5) is 10.5 Å². The molecule has 0 spiro atoms. The lowest BCUT2D eigenvalue weighted by molar-refractivity contribution is 0.103. The number of carbonyl (C=O) groups excluding carboxylic acids is 2. The number of methoxy groups -OCH3 is 1. The second kappa shape index (κ2) is 6.80. The zero-order valence-electron chi connectivity index (χ0n) is 14.3. The summed E-state index contributed by atoms with van der Waals surface area (Å²) in [5.41, 5.74) is 2.97. The van der Waals surface area contributed by atoms with Gasteiger partial charge in [0.15, 0.2) is 0 Å². The molecule has 0 saturated carbocycles. The second-order valence-corrected chi connectivity index (χ2v) is 7.31. The first-order chi connectivity index (χ1) is 12.6. The Kier molecular flexibility index (Phi) is 4.34. The molecular formula is C20H18N2O3S. The van der Waals surface area contributed by atoms with E-state index in [9.17, 15) is 9.59 Å².